The molecular formula is C15H16BrNO2. The lowest BCUT2D eigenvalue weighted by molar-refractivity contribution is 0.267. The van der Waals surface area contributed by atoms with Crippen molar-refractivity contribution in [2.75, 3.05) is 6.61 Å². The topological polar surface area (TPSA) is 55.5 Å². The van der Waals surface area contributed by atoms with Crippen molar-refractivity contribution >= 4 is 15.9 Å². The molecule has 0 radical (unpaired) electrons. The van der Waals surface area contributed by atoms with Crippen molar-refractivity contribution in [1.82, 2.24) is 0 Å². The van der Waals surface area contributed by atoms with E-state index < -0.39 is 0 Å². The molecule has 0 spiro atoms. The number of benzene rings is 2. The van der Waals surface area contributed by atoms with Gasteiger partial charge >= 0.3 is 0 Å². The van der Waals surface area contributed by atoms with Gasteiger partial charge in [0.05, 0.1) is 17.1 Å². The molecule has 3 nitrogen and oxygen atoms in total. The van der Waals surface area contributed by atoms with Gasteiger partial charge in [0, 0.05) is 0 Å². The molecule has 4 heteroatoms. The third-order valence-electron chi connectivity index (χ3n) is 2.82. The zero-order chi connectivity index (χ0) is 13.7. The van der Waals surface area contributed by atoms with E-state index in [1.807, 2.05) is 48.5 Å². The Kier molecular flexibility index (Phi) is 4.96. The number of hydrogen-bond donors (Lipinski definition) is 2. The number of aliphatic hydroxyl groups is 1. The fraction of sp³-hybridized carbons (Fsp3) is 0.200. The molecule has 0 aliphatic heterocycles. The minimum atomic E-state index is -0.362. The van der Waals surface area contributed by atoms with Crippen LogP contribution in [0.1, 0.15) is 17.2 Å². The molecule has 0 aliphatic rings. The van der Waals surface area contributed by atoms with Crippen molar-refractivity contribution in [3.05, 3.63) is 64.1 Å². The summed E-state index contributed by atoms with van der Waals surface area (Å²) in [4.78, 5) is 0. The maximum Gasteiger partial charge on any atom is 0.134 e. The third-order valence-corrected chi connectivity index (χ3v) is 3.44. The molecule has 0 bridgehead atoms. The second kappa shape index (κ2) is 6.70. The second-order valence-corrected chi connectivity index (χ2v) is 5.11. The Labute approximate surface area is 121 Å². The van der Waals surface area contributed by atoms with Gasteiger partial charge in [0.2, 0.25) is 0 Å². The van der Waals surface area contributed by atoms with E-state index in [2.05, 4.69) is 15.9 Å². The van der Waals surface area contributed by atoms with Crippen LogP contribution in [0.5, 0.6) is 5.75 Å². The first-order valence-electron chi connectivity index (χ1n) is 6.03. The highest BCUT2D eigenvalue weighted by atomic mass is 79.9. The first-order chi connectivity index (χ1) is 9.20. The van der Waals surface area contributed by atoms with Crippen molar-refractivity contribution in [1.29, 1.82) is 0 Å². The Morgan fingerprint density at radius 2 is 1.89 bits per heavy atom. The normalized spacial score (nSPS) is 12.2. The van der Waals surface area contributed by atoms with Gasteiger partial charge in [-0.1, -0.05) is 36.4 Å². The van der Waals surface area contributed by atoms with Gasteiger partial charge in [-0.15, -0.1) is 0 Å². The first-order valence-corrected chi connectivity index (χ1v) is 6.82. The van der Waals surface area contributed by atoms with Gasteiger partial charge in [-0.3, -0.25) is 0 Å². The molecule has 0 saturated carbocycles. The summed E-state index contributed by atoms with van der Waals surface area (Å²) in [5.74, 6) is 0.762. The van der Waals surface area contributed by atoms with Crippen LogP contribution in [0.4, 0.5) is 0 Å². The van der Waals surface area contributed by atoms with Crippen molar-refractivity contribution in [3.8, 4) is 5.75 Å². The summed E-state index contributed by atoms with van der Waals surface area (Å²) in [6, 6.07) is 15.2. The fourth-order valence-corrected chi connectivity index (χ4v) is 2.22. The fourth-order valence-electron chi connectivity index (χ4n) is 1.71. The van der Waals surface area contributed by atoms with Crippen LogP contribution in [-0.4, -0.2) is 11.7 Å². The molecular weight excluding hydrogens is 306 g/mol. The van der Waals surface area contributed by atoms with Crippen LogP contribution in [0, 0.1) is 0 Å². The first kappa shape index (κ1) is 14.1. The van der Waals surface area contributed by atoms with Gasteiger partial charge in [0.15, 0.2) is 0 Å². The Morgan fingerprint density at radius 1 is 1.16 bits per heavy atom. The molecule has 0 aliphatic carbocycles. The summed E-state index contributed by atoms with van der Waals surface area (Å²) in [5, 5.41) is 9.03. The van der Waals surface area contributed by atoms with Crippen LogP contribution in [-0.2, 0) is 6.61 Å². The van der Waals surface area contributed by atoms with Gasteiger partial charge < -0.3 is 15.6 Å². The van der Waals surface area contributed by atoms with Crippen LogP contribution in [0.15, 0.2) is 53.0 Å². The predicted octanol–water partition coefficient (Wildman–Crippen LogP) is 3.02. The Morgan fingerprint density at radius 3 is 2.53 bits per heavy atom. The lowest BCUT2D eigenvalue weighted by Crippen LogP contribution is -2.14. The molecule has 0 aromatic heterocycles. The van der Waals surface area contributed by atoms with E-state index in [1.54, 1.807) is 0 Å². The van der Waals surface area contributed by atoms with Crippen molar-refractivity contribution in [3.63, 3.8) is 0 Å². The number of ether oxygens (including phenoxy) is 1. The second-order valence-electron chi connectivity index (χ2n) is 4.25. The maximum absolute atomic E-state index is 9.03. The zero-order valence-corrected chi connectivity index (χ0v) is 12.0. The zero-order valence-electron chi connectivity index (χ0n) is 10.4. The van der Waals surface area contributed by atoms with Gasteiger partial charge in [-0.05, 0) is 39.2 Å². The van der Waals surface area contributed by atoms with Crippen molar-refractivity contribution in [2.45, 2.75) is 12.6 Å². The number of halogens is 1. The molecule has 2 aromatic rings. The quantitative estimate of drug-likeness (QED) is 0.890. The molecule has 1 atom stereocenters. The molecule has 0 amide bonds. The molecule has 0 heterocycles. The summed E-state index contributed by atoms with van der Waals surface area (Å²) in [6.45, 7) is 0.446. The van der Waals surface area contributed by atoms with Gasteiger partial charge in [-0.2, -0.15) is 0 Å². The van der Waals surface area contributed by atoms with Gasteiger partial charge in [0.1, 0.15) is 12.4 Å². The Bertz CT molecular complexity index is 531. The lowest BCUT2D eigenvalue weighted by atomic mass is 10.1. The third kappa shape index (κ3) is 3.80. The molecule has 2 aromatic carbocycles. The van der Waals surface area contributed by atoms with E-state index in [0.29, 0.717) is 6.61 Å². The number of rotatable bonds is 5. The van der Waals surface area contributed by atoms with E-state index in [4.69, 9.17) is 15.6 Å². The predicted molar refractivity (Wildman–Crippen MR) is 78.9 cm³/mol. The highest BCUT2D eigenvalue weighted by Crippen LogP contribution is 2.28. The van der Waals surface area contributed by atoms with Crippen molar-refractivity contribution < 1.29 is 9.84 Å². The molecule has 0 unspecified atom stereocenters. The van der Waals surface area contributed by atoms with Gasteiger partial charge in [-0.25, -0.2) is 0 Å². The highest BCUT2D eigenvalue weighted by molar-refractivity contribution is 9.10. The van der Waals surface area contributed by atoms with Crippen LogP contribution in [0.3, 0.4) is 0 Å². The molecule has 3 N–H and O–H groups in total. The number of aliphatic hydroxyl groups excluding tert-OH is 1. The molecule has 19 heavy (non-hydrogen) atoms. The molecule has 100 valence electrons. The van der Waals surface area contributed by atoms with Crippen molar-refractivity contribution in [2.24, 2.45) is 5.73 Å². The molecule has 2 rings (SSSR count). The minimum Gasteiger partial charge on any atom is -0.488 e. The van der Waals surface area contributed by atoms with Crippen LogP contribution < -0.4 is 10.5 Å². The average molecular weight is 322 g/mol. The largest absolute Gasteiger partial charge is 0.488 e. The smallest absolute Gasteiger partial charge is 0.134 e. The summed E-state index contributed by atoms with van der Waals surface area (Å²) in [6.07, 6.45) is 0. The number of nitrogens with two attached hydrogens (primary N) is 1. The van der Waals surface area contributed by atoms with Crippen LogP contribution >= 0.6 is 15.9 Å². The summed E-state index contributed by atoms with van der Waals surface area (Å²) in [7, 11) is 0. The van der Waals surface area contributed by atoms with E-state index >= 15 is 0 Å². The summed E-state index contributed by atoms with van der Waals surface area (Å²) < 4.78 is 6.58. The van der Waals surface area contributed by atoms with E-state index in [-0.39, 0.29) is 12.6 Å². The van der Waals surface area contributed by atoms with Crippen LogP contribution in [0.2, 0.25) is 0 Å². The van der Waals surface area contributed by atoms with E-state index in [1.165, 1.54) is 0 Å². The SMILES string of the molecule is N[C@@H](CO)c1ccc(OCc2ccccc2)c(Br)c1. The number of hydrogen-bond acceptors (Lipinski definition) is 3. The van der Waals surface area contributed by atoms with Gasteiger partial charge in [0.25, 0.3) is 0 Å². The Balaban J connectivity index is 2.05. The average Bonchev–Trinajstić information content (AvgIpc) is 2.46. The molecule has 0 fully saturated rings. The highest BCUT2D eigenvalue weighted by Gasteiger charge is 2.08. The minimum absolute atomic E-state index is 0.0728. The summed E-state index contributed by atoms with van der Waals surface area (Å²) >= 11 is 3.46. The van der Waals surface area contributed by atoms with Crippen LogP contribution in [0.25, 0.3) is 0 Å². The lowest BCUT2D eigenvalue weighted by Gasteiger charge is -2.12. The monoisotopic (exact) mass is 321 g/mol. The van der Waals surface area contributed by atoms with E-state index in [0.717, 1.165) is 21.3 Å². The maximum atomic E-state index is 9.03. The standard InChI is InChI=1S/C15H16BrNO2/c16-13-8-12(14(17)9-18)6-7-15(13)19-10-11-4-2-1-3-5-11/h1-8,14,18H,9-10,17H2/t14-/m0/s1. The Hall–Kier alpha value is -1.36. The molecule has 0 saturated heterocycles. The summed E-state index contributed by atoms with van der Waals surface area (Å²) in [5.41, 5.74) is 7.76. The van der Waals surface area contributed by atoms with E-state index in [9.17, 15) is 0 Å².